The van der Waals surface area contributed by atoms with E-state index in [2.05, 4.69) is 15.2 Å². The summed E-state index contributed by atoms with van der Waals surface area (Å²) in [6, 6.07) is 1.86. The van der Waals surface area contributed by atoms with E-state index in [0.717, 1.165) is 14.3 Å². The van der Waals surface area contributed by atoms with Crippen LogP contribution in [0.1, 0.15) is 0 Å². The van der Waals surface area contributed by atoms with Gasteiger partial charge in [-0.2, -0.15) is 5.10 Å². The van der Waals surface area contributed by atoms with Crippen LogP contribution in [0.15, 0.2) is 12.3 Å². The Labute approximate surface area is 65.7 Å². The van der Waals surface area contributed by atoms with Gasteiger partial charge in [-0.3, -0.25) is 0 Å². The Bertz CT molecular complexity index is 366. The highest BCUT2D eigenvalue weighted by atomic mass is 32.1. The second-order valence-corrected chi connectivity index (χ2v) is 3.43. The summed E-state index contributed by atoms with van der Waals surface area (Å²) in [6.07, 6.45) is 1.64. The van der Waals surface area contributed by atoms with E-state index in [9.17, 15) is 0 Å². The molecule has 2 aromatic heterocycles. The van der Waals surface area contributed by atoms with Gasteiger partial charge in [0.2, 0.25) is 0 Å². The molecule has 5 heteroatoms. The first-order chi connectivity index (χ1) is 4.86. The van der Waals surface area contributed by atoms with Crippen LogP contribution in [0.3, 0.4) is 0 Å². The SMILES string of the molecule is S=c1[nH]c2ccnnc2s1. The van der Waals surface area contributed by atoms with Crippen LogP contribution in [0.2, 0.25) is 0 Å². The van der Waals surface area contributed by atoms with Crippen molar-refractivity contribution in [2.75, 3.05) is 0 Å². The average Bonchev–Trinajstić information content (AvgIpc) is 2.27. The van der Waals surface area contributed by atoms with Gasteiger partial charge in [-0.05, 0) is 18.3 Å². The number of nitrogens with zero attached hydrogens (tertiary/aromatic N) is 2. The number of aromatic amines is 1. The fourth-order valence-electron chi connectivity index (χ4n) is 0.713. The minimum absolute atomic E-state index is 0.746. The van der Waals surface area contributed by atoms with Gasteiger partial charge in [0.05, 0.1) is 11.7 Å². The number of rotatable bonds is 0. The molecule has 3 nitrogen and oxygen atoms in total. The Balaban J connectivity index is 3.01. The lowest BCUT2D eigenvalue weighted by atomic mass is 10.5. The van der Waals surface area contributed by atoms with Crippen molar-refractivity contribution in [2.45, 2.75) is 0 Å². The van der Waals surface area contributed by atoms with E-state index in [-0.39, 0.29) is 0 Å². The molecule has 0 saturated heterocycles. The van der Waals surface area contributed by atoms with Crippen LogP contribution >= 0.6 is 23.6 Å². The molecule has 0 amide bonds. The highest BCUT2D eigenvalue weighted by Gasteiger charge is 1.94. The Morgan fingerprint density at radius 3 is 3.30 bits per heavy atom. The summed E-state index contributed by atoms with van der Waals surface area (Å²) < 4.78 is 0.746. The number of aromatic nitrogens is 3. The van der Waals surface area contributed by atoms with Crippen molar-refractivity contribution in [1.29, 1.82) is 0 Å². The first-order valence-electron chi connectivity index (χ1n) is 2.67. The maximum Gasteiger partial charge on any atom is 0.165 e. The Hall–Kier alpha value is -0.810. The van der Waals surface area contributed by atoms with Crippen molar-refractivity contribution in [1.82, 2.24) is 15.2 Å². The maximum absolute atomic E-state index is 4.91. The molecular weight excluding hydrogens is 166 g/mol. The van der Waals surface area contributed by atoms with E-state index in [1.54, 1.807) is 6.20 Å². The van der Waals surface area contributed by atoms with E-state index in [1.807, 2.05) is 6.07 Å². The Morgan fingerprint density at radius 2 is 2.50 bits per heavy atom. The molecule has 1 N–H and O–H groups in total. The number of fused-ring (bicyclic) bond motifs is 1. The summed E-state index contributed by atoms with van der Waals surface area (Å²) in [7, 11) is 0. The molecule has 2 heterocycles. The molecule has 0 aromatic carbocycles. The molecule has 0 fully saturated rings. The molecule has 0 saturated carbocycles. The number of thiazole rings is 1. The van der Waals surface area contributed by atoms with Gasteiger partial charge >= 0.3 is 0 Å². The smallest absolute Gasteiger partial charge is 0.165 e. The molecule has 0 bridgehead atoms. The first kappa shape index (κ1) is 5.94. The standard InChI is InChI=1S/C5H3N3S2/c9-5-7-3-1-2-6-8-4(3)10-5/h1-2H,(H,7,9). The quantitative estimate of drug-likeness (QED) is 0.611. The molecule has 2 rings (SSSR count). The van der Waals surface area contributed by atoms with Gasteiger partial charge in [-0.1, -0.05) is 11.3 Å². The molecule has 0 aliphatic rings. The molecule has 0 aliphatic carbocycles. The molecule has 0 atom stereocenters. The second kappa shape index (κ2) is 2.10. The molecule has 0 radical (unpaired) electrons. The second-order valence-electron chi connectivity index (χ2n) is 1.76. The lowest BCUT2D eigenvalue weighted by Gasteiger charge is -1.79. The lowest BCUT2D eigenvalue weighted by molar-refractivity contribution is 1.08. The normalized spacial score (nSPS) is 10.4. The minimum atomic E-state index is 0.746. The van der Waals surface area contributed by atoms with E-state index < -0.39 is 0 Å². The van der Waals surface area contributed by atoms with Crippen LogP contribution in [0.4, 0.5) is 0 Å². The molecular formula is C5H3N3S2. The number of nitrogens with one attached hydrogen (secondary N) is 1. The summed E-state index contributed by atoms with van der Waals surface area (Å²) in [4.78, 5) is 3.86. The summed E-state index contributed by atoms with van der Waals surface area (Å²) >= 11 is 6.35. The summed E-state index contributed by atoms with van der Waals surface area (Å²) in [6.45, 7) is 0. The van der Waals surface area contributed by atoms with Gasteiger partial charge in [0, 0.05) is 0 Å². The predicted molar refractivity (Wildman–Crippen MR) is 42.6 cm³/mol. The van der Waals surface area contributed by atoms with Gasteiger partial charge in [-0.25, -0.2) is 0 Å². The Morgan fingerprint density at radius 1 is 1.60 bits per heavy atom. The van der Waals surface area contributed by atoms with Crippen molar-refractivity contribution in [3.63, 3.8) is 0 Å². The molecule has 50 valence electrons. The fraction of sp³-hybridized carbons (Fsp3) is 0. The minimum Gasteiger partial charge on any atom is -0.335 e. The van der Waals surface area contributed by atoms with Crippen LogP contribution in [0, 0.1) is 3.95 Å². The molecule has 0 aliphatic heterocycles. The monoisotopic (exact) mass is 169 g/mol. The van der Waals surface area contributed by atoms with Crippen LogP contribution in [-0.2, 0) is 0 Å². The molecule has 2 aromatic rings. The van der Waals surface area contributed by atoms with E-state index in [4.69, 9.17) is 12.2 Å². The molecule has 0 unspecified atom stereocenters. The van der Waals surface area contributed by atoms with Crippen molar-refractivity contribution < 1.29 is 0 Å². The van der Waals surface area contributed by atoms with Gasteiger partial charge in [0.1, 0.15) is 0 Å². The van der Waals surface area contributed by atoms with E-state index >= 15 is 0 Å². The zero-order valence-corrected chi connectivity index (χ0v) is 6.50. The largest absolute Gasteiger partial charge is 0.335 e. The van der Waals surface area contributed by atoms with Crippen molar-refractivity contribution in [3.8, 4) is 0 Å². The Kier molecular flexibility index (Phi) is 1.25. The third kappa shape index (κ3) is 0.833. The summed E-state index contributed by atoms with van der Waals surface area (Å²) in [5.41, 5.74) is 0.963. The van der Waals surface area contributed by atoms with Gasteiger partial charge in [-0.15, -0.1) is 5.10 Å². The van der Waals surface area contributed by atoms with E-state index in [0.29, 0.717) is 0 Å². The highest BCUT2D eigenvalue weighted by molar-refractivity contribution is 7.73. The maximum atomic E-state index is 4.91. The van der Waals surface area contributed by atoms with Crippen LogP contribution in [0.25, 0.3) is 10.3 Å². The third-order valence-corrected chi connectivity index (χ3v) is 2.25. The average molecular weight is 169 g/mol. The van der Waals surface area contributed by atoms with Crippen molar-refractivity contribution in [2.24, 2.45) is 0 Å². The highest BCUT2D eigenvalue weighted by Crippen LogP contribution is 2.13. The zero-order chi connectivity index (χ0) is 6.97. The van der Waals surface area contributed by atoms with Crippen molar-refractivity contribution >= 4 is 33.9 Å². The number of hydrogen-bond acceptors (Lipinski definition) is 4. The van der Waals surface area contributed by atoms with Crippen LogP contribution < -0.4 is 0 Å². The molecule has 0 spiro atoms. The summed E-state index contributed by atoms with van der Waals surface area (Å²) in [5.74, 6) is 0. The molecule has 10 heavy (non-hydrogen) atoms. The van der Waals surface area contributed by atoms with Crippen LogP contribution in [0.5, 0.6) is 0 Å². The zero-order valence-electron chi connectivity index (χ0n) is 4.87. The van der Waals surface area contributed by atoms with Crippen LogP contribution in [-0.4, -0.2) is 15.2 Å². The third-order valence-electron chi connectivity index (χ3n) is 1.11. The predicted octanol–water partition coefficient (Wildman–Crippen LogP) is 1.75. The first-order valence-corrected chi connectivity index (χ1v) is 3.89. The topological polar surface area (TPSA) is 41.6 Å². The van der Waals surface area contributed by atoms with Gasteiger partial charge in [0.25, 0.3) is 0 Å². The fourth-order valence-corrected chi connectivity index (χ4v) is 1.71. The van der Waals surface area contributed by atoms with Gasteiger partial charge in [0.15, 0.2) is 8.78 Å². The lowest BCUT2D eigenvalue weighted by Crippen LogP contribution is -1.75. The van der Waals surface area contributed by atoms with Crippen molar-refractivity contribution in [3.05, 3.63) is 16.2 Å². The van der Waals surface area contributed by atoms with E-state index in [1.165, 1.54) is 11.3 Å². The van der Waals surface area contributed by atoms with Gasteiger partial charge < -0.3 is 4.98 Å². The number of H-pyrrole nitrogens is 1. The summed E-state index contributed by atoms with van der Waals surface area (Å²) in [5, 5.41) is 7.59. The number of hydrogen-bond donors (Lipinski definition) is 1.